The van der Waals surface area contributed by atoms with Crippen molar-refractivity contribution >= 4 is 23.4 Å². The predicted molar refractivity (Wildman–Crippen MR) is 85.6 cm³/mol. The van der Waals surface area contributed by atoms with Crippen LogP contribution in [0, 0.1) is 0 Å². The quantitative estimate of drug-likeness (QED) is 0.769. The van der Waals surface area contributed by atoms with Crippen LogP contribution >= 0.6 is 23.4 Å². The monoisotopic (exact) mass is 333 g/mol. The van der Waals surface area contributed by atoms with Crippen LogP contribution in [0.5, 0.6) is 5.88 Å². The number of hydrogen-bond donors (Lipinski definition) is 2. The number of nitrogens with one attached hydrogen (secondary N) is 1. The first-order valence-corrected chi connectivity index (χ1v) is 7.67. The summed E-state index contributed by atoms with van der Waals surface area (Å²) in [5.74, 6) is -0.105. The first-order chi connectivity index (χ1) is 10.6. The van der Waals surface area contributed by atoms with Gasteiger partial charge in [0.2, 0.25) is 5.88 Å². The lowest BCUT2D eigenvalue weighted by Gasteiger charge is -2.05. The fourth-order valence-electron chi connectivity index (χ4n) is 1.97. The van der Waals surface area contributed by atoms with Crippen molar-refractivity contribution in [1.29, 1.82) is 0 Å². The minimum atomic E-state index is -0.350. The number of H-pyrrole nitrogens is 1. The van der Waals surface area contributed by atoms with Crippen LogP contribution in [0.2, 0.25) is 5.02 Å². The number of nitrogens with zero attached hydrogens (tertiary/aromatic N) is 2. The van der Waals surface area contributed by atoms with Crippen LogP contribution in [-0.2, 0) is 6.54 Å². The molecule has 0 fully saturated rings. The Bertz CT molecular complexity index is 845. The number of aromatic nitrogens is 3. The molecule has 0 atom stereocenters. The van der Waals surface area contributed by atoms with Crippen LogP contribution in [-0.4, -0.2) is 19.9 Å². The minimum absolute atomic E-state index is 0.105. The van der Waals surface area contributed by atoms with Gasteiger partial charge in [-0.05, 0) is 29.8 Å². The third-order valence-electron chi connectivity index (χ3n) is 3.04. The number of pyridine rings is 1. The molecule has 0 bridgehead atoms. The number of hydrogen-bond acceptors (Lipinski definition) is 4. The van der Waals surface area contributed by atoms with Gasteiger partial charge in [-0.15, -0.1) is 0 Å². The van der Waals surface area contributed by atoms with E-state index in [2.05, 4.69) is 10.1 Å². The SMILES string of the molecule is O=c1[nH]n(Cc2ccncc2)c(O)c1Sc1ccccc1Cl. The average Bonchev–Trinajstić information content (AvgIpc) is 2.78. The molecule has 112 valence electrons. The van der Waals surface area contributed by atoms with Gasteiger partial charge in [0, 0.05) is 17.3 Å². The topological polar surface area (TPSA) is 70.9 Å². The molecule has 0 spiro atoms. The molecule has 0 saturated heterocycles. The second kappa shape index (κ2) is 6.29. The molecule has 0 amide bonds. The maximum atomic E-state index is 12.1. The van der Waals surface area contributed by atoms with Crippen LogP contribution in [0.1, 0.15) is 5.56 Å². The van der Waals surface area contributed by atoms with Gasteiger partial charge in [-0.1, -0.05) is 35.5 Å². The summed E-state index contributed by atoms with van der Waals surface area (Å²) in [6, 6.07) is 10.8. The van der Waals surface area contributed by atoms with E-state index < -0.39 is 0 Å². The molecule has 0 unspecified atom stereocenters. The normalized spacial score (nSPS) is 10.8. The Balaban J connectivity index is 1.91. The molecule has 2 heterocycles. The van der Waals surface area contributed by atoms with Crippen LogP contribution in [0.4, 0.5) is 0 Å². The zero-order valence-electron chi connectivity index (χ0n) is 11.4. The van der Waals surface area contributed by atoms with Gasteiger partial charge in [0.15, 0.2) is 0 Å². The van der Waals surface area contributed by atoms with Crippen LogP contribution in [0.15, 0.2) is 63.4 Å². The van der Waals surface area contributed by atoms with Crippen molar-refractivity contribution in [3.05, 3.63) is 69.7 Å². The zero-order chi connectivity index (χ0) is 15.5. The summed E-state index contributed by atoms with van der Waals surface area (Å²) in [4.78, 5) is 16.9. The lowest BCUT2D eigenvalue weighted by molar-refractivity contribution is 0.399. The molecule has 0 saturated carbocycles. The highest BCUT2D eigenvalue weighted by Gasteiger charge is 2.16. The Hall–Kier alpha value is -2.18. The second-order valence-electron chi connectivity index (χ2n) is 4.57. The number of benzene rings is 1. The van der Waals surface area contributed by atoms with E-state index in [1.807, 2.05) is 24.3 Å². The summed E-state index contributed by atoms with van der Waals surface area (Å²) in [5, 5.41) is 13.4. The fraction of sp³-hybridized carbons (Fsp3) is 0.0667. The molecule has 7 heteroatoms. The number of aromatic amines is 1. The highest BCUT2D eigenvalue weighted by atomic mass is 35.5. The van der Waals surface area contributed by atoms with Gasteiger partial charge in [-0.3, -0.25) is 14.9 Å². The van der Waals surface area contributed by atoms with E-state index in [9.17, 15) is 9.90 Å². The van der Waals surface area contributed by atoms with Crippen molar-refractivity contribution in [3.63, 3.8) is 0 Å². The van der Waals surface area contributed by atoms with Gasteiger partial charge in [-0.2, -0.15) is 0 Å². The molecule has 2 aromatic heterocycles. The molecule has 3 aromatic rings. The molecule has 1 aromatic carbocycles. The van der Waals surface area contributed by atoms with Crippen molar-refractivity contribution in [1.82, 2.24) is 14.8 Å². The first-order valence-electron chi connectivity index (χ1n) is 6.48. The van der Waals surface area contributed by atoms with Crippen molar-refractivity contribution in [2.75, 3.05) is 0 Å². The number of halogens is 1. The molecule has 0 aliphatic heterocycles. The average molecular weight is 334 g/mol. The first kappa shape index (κ1) is 14.7. The van der Waals surface area contributed by atoms with Crippen LogP contribution < -0.4 is 5.56 Å². The third kappa shape index (κ3) is 3.03. The Kier molecular flexibility index (Phi) is 4.22. The Morgan fingerprint density at radius 2 is 1.95 bits per heavy atom. The third-order valence-corrected chi connectivity index (χ3v) is 4.63. The molecule has 2 N–H and O–H groups in total. The Labute approximate surface area is 135 Å². The number of aromatic hydroxyl groups is 1. The van der Waals surface area contributed by atoms with E-state index in [-0.39, 0.29) is 16.3 Å². The molecular formula is C15H12ClN3O2S. The van der Waals surface area contributed by atoms with E-state index in [4.69, 9.17) is 11.6 Å². The van der Waals surface area contributed by atoms with E-state index >= 15 is 0 Å². The summed E-state index contributed by atoms with van der Waals surface area (Å²) in [6.45, 7) is 0.354. The van der Waals surface area contributed by atoms with Crippen molar-refractivity contribution in [3.8, 4) is 5.88 Å². The predicted octanol–water partition coefficient (Wildman–Crippen LogP) is 3.13. The van der Waals surface area contributed by atoms with E-state index in [1.54, 1.807) is 24.5 Å². The summed E-state index contributed by atoms with van der Waals surface area (Å²) < 4.78 is 1.40. The number of rotatable bonds is 4. The maximum Gasteiger partial charge on any atom is 0.282 e. The Morgan fingerprint density at radius 1 is 1.23 bits per heavy atom. The van der Waals surface area contributed by atoms with E-state index in [0.29, 0.717) is 16.5 Å². The summed E-state index contributed by atoms with van der Waals surface area (Å²) >= 11 is 7.23. The second-order valence-corrected chi connectivity index (χ2v) is 6.03. The Morgan fingerprint density at radius 3 is 2.68 bits per heavy atom. The summed E-state index contributed by atoms with van der Waals surface area (Å²) in [5.41, 5.74) is 0.572. The van der Waals surface area contributed by atoms with Crippen molar-refractivity contribution < 1.29 is 5.11 Å². The fourth-order valence-corrected chi connectivity index (χ4v) is 3.09. The highest BCUT2D eigenvalue weighted by molar-refractivity contribution is 7.99. The van der Waals surface area contributed by atoms with Gasteiger partial charge in [0.05, 0.1) is 11.6 Å². The largest absolute Gasteiger partial charge is 0.493 e. The van der Waals surface area contributed by atoms with E-state index in [1.165, 1.54) is 4.68 Å². The van der Waals surface area contributed by atoms with Gasteiger partial charge < -0.3 is 5.11 Å². The molecule has 5 nitrogen and oxygen atoms in total. The standard InChI is InChI=1S/C15H12ClN3O2S/c16-11-3-1-2-4-12(11)22-13-14(20)18-19(15(13)21)9-10-5-7-17-8-6-10/h1-8,21H,9H2,(H,18,20). The van der Waals surface area contributed by atoms with Gasteiger partial charge in [-0.25, -0.2) is 4.68 Å². The molecule has 0 aliphatic carbocycles. The summed E-state index contributed by atoms with van der Waals surface area (Å²) in [6.07, 6.45) is 3.32. The molecule has 3 rings (SSSR count). The van der Waals surface area contributed by atoms with Crippen molar-refractivity contribution in [2.45, 2.75) is 16.3 Å². The van der Waals surface area contributed by atoms with Gasteiger partial charge >= 0.3 is 0 Å². The molecule has 0 aliphatic rings. The summed E-state index contributed by atoms with van der Waals surface area (Å²) in [7, 11) is 0. The van der Waals surface area contributed by atoms with Crippen LogP contribution in [0.25, 0.3) is 0 Å². The smallest absolute Gasteiger partial charge is 0.282 e. The molecule has 22 heavy (non-hydrogen) atoms. The van der Waals surface area contributed by atoms with E-state index in [0.717, 1.165) is 17.3 Å². The zero-order valence-corrected chi connectivity index (χ0v) is 12.9. The highest BCUT2D eigenvalue weighted by Crippen LogP contribution is 2.35. The van der Waals surface area contributed by atoms with Crippen LogP contribution in [0.3, 0.4) is 0 Å². The minimum Gasteiger partial charge on any atom is -0.493 e. The molecular weight excluding hydrogens is 322 g/mol. The maximum absolute atomic E-state index is 12.1. The molecule has 0 radical (unpaired) electrons. The lowest BCUT2D eigenvalue weighted by atomic mass is 10.3. The lowest BCUT2D eigenvalue weighted by Crippen LogP contribution is -2.07. The van der Waals surface area contributed by atoms with Gasteiger partial charge in [0.25, 0.3) is 5.56 Å². The van der Waals surface area contributed by atoms with Gasteiger partial charge in [0.1, 0.15) is 4.90 Å². The van der Waals surface area contributed by atoms with Crippen molar-refractivity contribution in [2.24, 2.45) is 0 Å².